The van der Waals surface area contributed by atoms with E-state index in [2.05, 4.69) is 4.72 Å². The molecule has 0 saturated heterocycles. The highest BCUT2D eigenvalue weighted by Crippen LogP contribution is 2.32. The van der Waals surface area contributed by atoms with Gasteiger partial charge in [-0.05, 0) is 36.1 Å². The molecule has 1 heterocycles. The highest BCUT2D eigenvalue weighted by Gasteiger charge is 2.20. The third kappa shape index (κ3) is 3.55. The summed E-state index contributed by atoms with van der Waals surface area (Å²) >= 11 is 0. The van der Waals surface area contributed by atoms with Gasteiger partial charge in [-0.1, -0.05) is 31.2 Å². The maximum Gasteiger partial charge on any atom is 0.240 e. The molecule has 0 bridgehead atoms. The lowest BCUT2D eigenvalue weighted by molar-refractivity contribution is 0.171. The molecule has 128 valence electrons. The van der Waals surface area contributed by atoms with E-state index in [9.17, 15) is 8.42 Å². The van der Waals surface area contributed by atoms with Crippen molar-refractivity contribution in [1.82, 2.24) is 4.72 Å². The summed E-state index contributed by atoms with van der Waals surface area (Å²) in [6.45, 7) is 5.27. The zero-order valence-corrected chi connectivity index (χ0v) is 14.6. The van der Waals surface area contributed by atoms with Gasteiger partial charge >= 0.3 is 0 Å². The lowest BCUT2D eigenvalue weighted by atomic mass is 9.97. The summed E-state index contributed by atoms with van der Waals surface area (Å²) in [4.78, 5) is 0.184. The molecule has 1 N–H and O–H groups in total. The van der Waals surface area contributed by atoms with Crippen molar-refractivity contribution >= 4 is 10.0 Å². The van der Waals surface area contributed by atoms with Crippen molar-refractivity contribution in [2.24, 2.45) is 0 Å². The lowest BCUT2D eigenvalue weighted by Crippen LogP contribution is -2.28. The van der Waals surface area contributed by atoms with Gasteiger partial charge in [-0.3, -0.25) is 0 Å². The Morgan fingerprint density at radius 1 is 1.08 bits per heavy atom. The fourth-order valence-corrected chi connectivity index (χ4v) is 3.90. The van der Waals surface area contributed by atoms with E-state index in [0.717, 1.165) is 11.1 Å². The molecule has 0 aliphatic carbocycles. The first-order valence-corrected chi connectivity index (χ1v) is 9.40. The first-order chi connectivity index (χ1) is 11.5. The molecule has 0 saturated carbocycles. The van der Waals surface area contributed by atoms with Crippen molar-refractivity contribution in [3.63, 3.8) is 0 Å². The molecule has 0 amide bonds. The van der Waals surface area contributed by atoms with Gasteiger partial charge in [0.05, 0.1) is 4.90 Å². The first kappa shape index (κ1) is 16.8. The van der Waals surface area contributed by atoms with Crippen molar-refractivity contribution in [2.45, 2.75) is 24.7 Å². The summed E-state index contributed by atoms with van der Waals surface area (Å²) < 4.78 is 38.6. The van der Waals surface area contributed by atoms with Gasteiger partial charge < -0.3 is 9.47 Å². The molecule has 0 fully saturated rings. The first-order valence-electron chi connectivity index (χ1n) is 7.92. The van der Waals surface area contributed by atoms with Crippen LogP contribution in [0.1, 0.15) is 24.0 Å². The van der Waals surface area contributed by atoms with E-state index in [-0.39, 0.29) is 10.8 Å². The summed E-state index contributed by atoms with van der Waals surface area (Å²) in [6, 6.07) is 12.7. The van der Waals surface area contributed by atoms with Crippen LogP contribution in [0.5, 0.6) is 11.5 Å². The number of rotatable bonds is 5. The van der Waals surface area contributed by atoms with Gasteiger partial charge in [0.15, 0.2) is 11.5 Å². The molecule has 6 heteroatoms. The molecule has 3 rings (SSSR count). The monoisotopic (exact) mass is 347 g/mol. The van der Waals surface area contributed by atoms with Crippen LogP contribution in [0.25, 0.3) is 0 Å². The number of hydrogen-bond donors (Lipinski definition) is 1. The second-order valence-corrected chi connectivity index (χ2v) is 7.68. The molecular weight excluding hydrogens is 326 g/mol. The predicted octanol–water partition coefficient (Wildman–Crippen LogP) is 2.85. The van der Waals surface area contributed by atoms with E-state index >= 15 is 0 Å². The van der Waals surface area contributed by atoms with Crippen molar-refractivity contribution < 1.29 is 17.9 Å². The van der Waals surface area contributed by atoms with Crippen LogP contribution >= 0.6 is 0 Å². The number of hydrogen-bond acceptors (Lipinski definition) is 4. The van der Waals surface area contributed by atoms with Crippen LogP contribution in [0.15, 0.2) is 47.4 Å². The molecular formula is C18H21NO4S. The van der Waals surface area contributed by atoms with Crippen LogP contribution in [0, 0.1) is 6.92 Å². The molecule has 1 aliphatic heterocycles. The van der Waals surface area contributed by atoms with Gasteiger partial charge in [-0.25, -0.2) is 13.1 Å². The Bertz CT molecular complexity index is 833. The maximum atomic E-state index is 12.5. The molecule has 1 aliphatic rings. The van der Waals surface area contributed by atoms with Crippen molar-refractivity contribution in [3.05, 3.63) is 53.6 Å². The average Bonchev–Trinajstić information content (AvgIpc) is 2.60. The highest BCUT2D eigenvalue weighted by molar-refractivity contribution is 7.89. The van der Waals surface area contributed by atoms with Crippen molar-refractivity contribution in [1.29, 1.82) is 0 Å². The predicted molar refractivity (Wildman–Crippen MR) is 92.2 cm³/mol. The molecule has 0 spiro atoms. The molecule has 2 aromatic carbocycles. The minimum atomic E-state index is -3.60. The number of sulfonamides is 1. The fourth-order valence-electron chi connectivity index (χ4n) is 2.76. The van der Waals surface area contributed by atoms with Gasteiger partial charge in [0.2, 0.25) is 10.0 Å². The third-order valence-electron chi connectivity index (χ3n) is 4.12. The second kappa shape index (κ2) is 6.83. The zero-order valence-electron chi connectivity index (χ0n) is 13.8. The Balaban J connectivity index is 1.73. The molecule has 0 aromatic heterocycles. The second-order valence-electron chi connectivity index (χ2n) is 5.91. The molecule has 2 aromatic rings. The van der Waals surface area contributed by atoms with Gasteiger partial charge in [-0.2, -0.15) is 0 Å². The maximum absolute atomic E-state index is 12.5. The van der Waals surface area contributed by atoms with Crippen LogP contribution < -0.4 is 14.2 Å². The van der Waals surface area contributed by atoms with Crippen LogP contribution in [0.4, 0.5) is 0 Å². The summed E-state index contributed by atoms with van der Waals surface area (Å²) in [5, 5.41) is 0. The Labute approximate surface area is 142 Å². The molecule has 0 radical (unpaired) electrons. The lowest BCUT2D eigenvalue weighted by Gasteiger charge is -2.19. The minimum absolute atomic E-state index is 0.0817. The minimum Gasteiger partial charge on any atom is -0.486 e. The van der Waals surface area contributed by atoms with Gasteiger partial charge in [0.1, 0.15) is 13.2 Å². The quantitative estimate of drug-likeness (QED) is 0.903. The molecule has 1 atom stereocenters. The Morgan fingerprint density at radius 3 is 2.54 bits per heavy atom. The van der Waals surface area contributed by atoms with Crippen molar-refractivity contribution in [3.8, 4) is 11.5 Å². The number of nitrogens with one attached hydrogen (secondary N) is 1. The van der Waals surface area contributed by atoms with E-state index in [0.29, 0.717) is 31.3 Å². The Kier molecular flexibility index (Phi) is 4.78. The molecule has 24 heavy (non-hydrogen) atoms. The van der Waals surface area contributed by atoms with Crippen molar-refractivity contribution in [2.75, 3.05) is 19.8 Å². The summed E-state index contributed by atoms with van der Waals surface area (Å²) in [5.74, 6) is 1.13. The van der Waals surface area contributed by atoms with Crippen LogP contribution in [0.2, 0.25) is 0 Å². The van der Waals surface area contributed by atoms with Gasteiger partial charge in [0.25, 0.3) is 0 Å². The Morgan fingerprint density at radius 2 is 1.79 bits per heavy atom. The number of benzene rings is 2. The summed E-state index contributed by atoms with van der Waals surface area (Å²) in [6.07, 6.45) is 0. The van der Waals surface area contributed by atoms with Gasteiger partial charge in [-0.15, -0.1) is 0 Å². The fraction of sp³-hybridized carbons (Fsp3) is 0.333. The van der Waals surface area contributed by atoms with E-state index in [1.165, 1.54) is 12.1 Å². The van der Waals surface area contributed by atoms with E-state index in [1.54, 1.807) is 6.07 Å². The number of aryl methyl sites for hydroxylation is 1. The third-order valence-corrected chi connectivity index (χ3v) is 5.54. The molecule has 5 nitrogen and oxygen atoms in total. The van der Waals surface area contributed by atoms with E-state index in [4.69, 9.17) is 9.47 Å². The highest BCUT2D eigenvalue weighted by atomic mass is 32.2. The van der Waals surface area contributed by atoms with Crippen LogP contribution in [0.3, 0.4) is 0 Å². The topological polar surface area (TPSA) is 64.6 Å². The standard InChI is InChI=1S/C18H21NO4S/c1-13-5-3-4-6-16(13)14(2)12-19-24(20,21)15-7-8-17-18(11-15)23-10-9-22-17/h3-8,11,14,19H,9-10,12H2,1-2H3/t14-/m1/s1. The number of fused-ring (bicyclic) bond motifs is 1. The largest absolute Gasteiger partial charge is 0.486 e. The van der Waals surface area contributed by atoms with E-state index in [1.807, 2.05) is 38.1 Å². The Hall–Kier alpha value is -2.05. The normalized spacial score (nSPS) is 15.1. The average molecular weight is 347 g/mol. The number of ether oxygens (including phenoxy) is 2. The van der Waals surface area contributed by atoms with Gasteiger partial charge in [0, 0.05) is 12.6 Å². The molecule has 0 unspecified atom stereocenters. The summed E-state index contributed by atoms with van der Waals surface area (Å²) in [7, 11) is -3.60. The van der Waals surface area contributed by atoms with Crippen LogP contribution in [-0.4, -0.2) is 28.2 Å². The zero-order chi connectivity index (χ0) is 17.2. The SMILES string of the molecule is Cc1ccccc1[C@H](C)CNS(=O)(=O)c1ccc2c(c1)OCCO2. The smallest absolute Gasteiger partial charge is 0.240 e. The summed E-state index contributed by atoms with van der Waals surface area (Å²) in [5.41, 5.74) is 2.30. The van der Waals surface area contributed by atoms with E-state index < -0.39 is 10.0 Å². The van der Waals surface area contributed by atoms with Crippen LogP contribution in [-0.2, 0) is 10.0 Å².